The van der Waals surface area contributed by atoms with Crippen LogP contribution in [0, 0.1) is 6.92 Å². The van der Waals surface area contributed by atoms with Crippen LogP contribution in [0.1, 0.15) is 23.4 Å². The van der Waals surface area contributed by atoms with E-state index in [1.165, 1.54) is 25.0 Å². The zero-order chi connectivity index (χ0) is 7.84. The molecular weight excluding hydrogens is 134 g/mol. The highest BCUT2D eigenvalue weighted by Gasteiger charge is 2.20. The minimum atomic E-state index is 1.27. The first-order valence-corrected chi connectivity index (χ1v) is 4.26. The Morgan fingerprint density at radius 3 is 2.91 bits per heavy atom. The number of hydrogen-bond acceptors (Lipinski definition) is 0. The molecule has 1 aliphatic rings. The van der Waals surface area contributed by atoms with E-state index in [0.717, 1.165) is 0 Å². The van der Waals surface area contributed by atoms with Gasteiger partial charge in [-0.15, -0.1) is 0 Å². The van der Waals surface area contributed by atoms with Crippen molar-refractivity contribution in [2.45, 2.75) is 26.2 Å². The molecule has 11 heavy (non-hydrogen) atoms. The Hall–Kier alpha value is -0.850. The SMILES string of the molecule is Cc1ccc2c([n+]1C)CCC2. The second-order valence-corrected chi connectivity index (χ2v) is 3.36. The van der Waals surface area contributed by atoms with E-state index in [0.29, 0.717) is 0 Å². The first-order valence-electron chi connectivity index (χ1n) is 4.26. The van der Waals surface area contributed by atoms with Crippen molar-refractivity contribution in [2.24, 2.45) is 7.05 Å². The van der Waals surface area contributed by atoms with Crippen LogP contribution >= 0.6 is 0 Å². The van der Waals surface area contributed by atoms with Gasteiger partial charge in [-0.2, -0.15) is 0 Å². The molecule has 1 aromatic heterocycles. The van der Waals surface area contributed by atoms with Gasteiger partial charge < -0.3 is 0 Å². The average Bonchev–Trinajstić information content (AvgIpc) is 2.45. The summed E-state index contributed by atoms with van der Waals surface area (Å²) in [4.78, 5) is 0. The Bertz CT molecular complexity index is 289. The minimum Gasteiger partial charge on any atom is -0.202 e. The Morgan fingerprint density at radius 2 is 2.09 bits per heavy atom. The first-order chi connectivity index (χ1) is 5.29. The molecular formula is C10H14N+. The van der Waals surface area contributed by atoms with E-state index in [1.807, 2.05) is 0 Å². The van der Waals surface area contributed by atoms with E-state index in [2.05, 4.69) is 30.7 Å². The van der Waals surface area contributed by atoms with Crippen LogP contribution in [0.4, 0.5) is 0 Å². The molecule has 0 amide bonds. The summed E-state index contributed by atoms with van der Waals surface area (Å²) in [6.45, 7) is 2.17. The largest absolute Gasteiger partial charge is 0.202 e. The quantitative estimate of drug-likeness (QED) is 0.488. The van der Waals surface area contributed by atoms with Gasteiger partial charge in [0.25, 0.3) is 0 Å². The summed E-state index contributed by atoms with van der Waals surface area (Å²) in [5, 5.41) is 0. The summed E-state index contributed by atoms with van der Waals surface area (Å²) < 4.78 is 2.32. The standard InChI is InChI=1S/C10H14N/c1-8-6-7-9-4-3-5-10(9)11(8)2/h6-7H,3-5H2,1-2H3/q+1. The molecule has 1 heterocycles. The summed E-state index contributed by atoms with van der Waals surface area (Å²) in [5.41, 5.74) is 4.47. The van der Waals surface area contributed by atoms with Crippen molar-refractivity contribution in [3.8, 4) is 0 Å². The Balaban J connectivity index is 2.62. The van der Waals surface area contributed by atoms with Crippen molar-refractivity contribution in [2.75, 3.05) is 0 Å². The highest BCUT2D eigenvalue weighted by Crippen LogP contribution is 2.17. The molecule has 1 nitrogen and oxygen atoms in total. The highest BCUT2D eigenvalue weighted by molar-refractivity contribution is 5.21. The number of aryl methyl sites for hydroxylation is 2. The number of fused-ring (bicyclic) bond motifs is 1. The average molecular weight is 148 g/mol. The molecule has 0 fully saturated rings. The van der Waals surface area contributed by atoms with Crippen molar-refractivity contribution in [3.63, 3.8) is 0 Å². The molecule has 0 saturated heterocycles. The van der Waals surface area contributed by atoms with Crippen LogP contribution in [0.15, 0.2) is 12.1 Å². The van der Waals surface area contributed by atoms with E-state index < -0.39 is 0 Å². The number of hydrogen-bond donors (Lipinski definition) is 0. The molecule has 0 bridgehead atoms. The molecule has 1 heteroatoms. The van der Waals surface area contributed by atoms with Gasteiger partial charge >= 0.3 is 0 Å². The van der Waals surface area contributed by atoms with E-state index in [4.69, 9.17) is 0 Å². The monoisotopic (exact) mass is 148 g/mol. The Morgan fingerprint density at radius 1 is 1.27 bits per heavy atom. The lowest BCUT2D eigenvalue weighted by Crippen LogP contribution is -2.36. The number of pyridine rings is 1. The van der Waals surface area contributed by atoms with Crippen LogP contribution in [-0.2, 0) is 19.9 Å². The van der Waals surface area contributed by atoms with Crippen molar-refractivity contribution in [3.05, 3.63) is 29.1 Å². The normalized spacial score (nSPS) is 15.1. The lowest BCUT2D eigenvalue weighted by molar-refractivity contribution is -0.685. The summed E-state index contributed by atoms with van der Waals surface area (Å²) >= 11 is 0. The summed E-state index contributed by atoms with van der Waals surface area (Å²) in [6.07, 6.45) is 3.89. The fourth-order valence-electron chi connectivity index (χ4n) is 1.86. The summed E-state index contributed by atoms with van der Waals surface area (Å²) in [6, 6.07) is 4.49. The van der Waals surface area contributed by atoms with Gasteiger partial charge in [0, 0.05) is 25.0 Å². The lowest BCUT2D eigenvalue weighted by atomic mass is 10.2. The van der Waals surface area contributed by atoms with Crippen LogP contribution in [-0.4, -0.2) is 0 Å². The second-order valence-electron chi connectivity index (χ2n) is 3.36. The number of aromatic nitrogens is 1. The van der Waals surface area contributed by atoms with E-state index in [9.17, 15) is 0 Å². The van der Waals surface area contributed by atoms with Gasteiger partial charge in [0.2, 0.25) is 0 Å². The smallest absolute Gasteiger partial charge is 0.184 e. The second kappa shape index (κ2) is 2.33. The maximum Gasteiger partial charge on any atom is 0.184 e. The number of nitrogens with zero attached hydrogens (tertiary/aromatic N) is 1. The molecule has 0 N–H and O–H groups in total. The maximum absolute atomic E-state index is 2.32. The maximum atomic E-state index is 2.32. The molecule has 0 unspecified atom stereocenters. The van der Waals surface area contributed by atoms with Gasteiger partial charge in [0.1, 0.15) is 7.05 Å². The van der Waals surface area contributed by atoms with Crippen LogP contribution < -0.4 is 4.57 Å². The Labute approximate surface area is 67.7 Å². The van der Waals surface area contributed by atoms with Crippen LogP contribution in [0.3, 0.4) is 0 Å². The van der Waals surface area contributed by atoms with Crippen LogP contribution in [0.5, 0.6) is 0 Å². The van der Waals surface area contributed by atoms with Gasteiger partial charge in [0.15, 0.2) is 11.4 Å². The fourth-order valence-corrected chi connectivity index (χ4v) is 1.86. The van der Waals surface area contributed by atoms with Gasteiger partial charge in [-0.05, 0) is 18.9 Å². The molecule has 0 saturated carbocycles. The van der Waals surface area contributed by atoms with Gasteiger partial charge in [-0.1, -0.05) is 0 Å². The van der Waals surface area contributed by atoms with E-state index >= 15 is 0 Å². The molecule has 1 aliphatic carbocycles. The molecule has 0 atom stereocenters. The molecule has 0 aromatic carbocycles. The highest BCUT2D eigenvalue weighted by atomic mass is 14.9. The van der Waals surface area contributed by atoms with E-state index in [1.54, 1.807) is 11.3 Å². The third kappa shape index (κ3) is 0.953. The molecule has 58 valence electrons. The molecule has 0 radical (unpaired) electrons. The topological polar surface area (TPSA) is 3.88 Å². The predicted octanol–water partition coefficient (Wildman–Crippen LogP) is 1.31. The van der Waals surface area contributed by atoms with Gasteiger partial charge in [0.05, 0.1) is 0 Å². The third-order valence-corrected chi connectivity index (χ3v) is 2.69. The number of rotatable bonds is 0. The van der Waals surface area contributed by atoms with Crippen LogP contribution in [0.2, 0.25) is 0 Å². The molecule has 0 aliphatic heterocycles. The molecule has 1 aromatic rings. The van der Waals surface area contributed by atoms with Crippen molar-refractivity contribution >= 4 is 0 Å². The minimum absolute atomic E-state index is 1.27. The first kappa shape index (κ1) is 6.84. The van der Waals surface area contributed by atoms with Crippen molar-refractivity contribution in [1.82, 2.24) is 0 Å². The molecule has 0 spiro atoms. The summed E-state index contributed by atoms with van der Waals surface area (Å²) in [5.74, 6) is 0. The summed E-state index contributed by atoms with van der Waals surface area (Å²) in [7, 11) is 2.17. The fraction of sp³-hybridized carbons (Fsp3) is 0.500. The lowest BCUT2D eigenvalue weighted by Gasteiger charge is -1.99. The third-order valence-electron chi connectivity index (χ3n) is 2.69. The van der Waals surface area contributed by atoms with Crippen LogP contribution in [0.25, 0.3) is 0 Å². The molecule has 2 rings (SSSR count). The predicted molar refractivity (Wildman–Crippen MR) is 44.4 cm³/mol. The Kier molecular flexibility index (Phi) is 1.45. The zero-order valence-electron chi connectivity index (χ0n) is 7.22. The van der Waals surface area contributed by atoms with Crippen molar-refractivity contribution < 1.29 is 4.57 Å². The van der Waals surface area contributed by atoms with Gasteiger partial charge in [-0.25, -0.2) is 4.57 Å². The zero-order valence-corrected chi connectivity index (χ0v) is 7.22. The van der Waals surface area contributed by atoms with Crippen molar-refractivity contribution in [1.29, 1.82) is 0 Å². The van der Waals surface area contributed by atoms with Gasteiger partial charge in [-0.3, -0.25) is 0 Å². The van der Waals surface area contributed by atoms with E-state index in [-0.39, 0.29) is 0 Å².